The third-order valence-electron chi connectivity index (χ3n) is 4.65. The standard InChI is InChI=1S/C21H25NO4S/c1-15(2)26-18-12-10-16(11-13-18)21(23)22-17-6-5-9-20(14-17)27(24,25)19-7-3-4-8-19/h5-6,9-15,19H,3-4,7-8H2,1-2H3,(H,22,23). The lowest BCUT2D eigenvalue weighted by Gasteiger charge is -2.13. The van der Waals surface area contributed by atoms with Crippen LogP contribution in [0.3, 0.4) is 0 Å². The highest BCUT2D eigenvalue weighted by Crippen LogP contribution is 2.30. The molecule has 1 fully saturated rings. The molecule has 1 aliphatic rings. The van der Waals surface area contributed by atoms with Crippen molar-refractivity contribution >= 4 is 21.4 Å². The van der Waals surface area contributed by atoms with Gasteiger partial charge in [-0.15, -0.1) is 0 Å². The molecule has 0 bridgehead atoms. The van der Waals surface area contributed by atoms with Gasteiger partial charge in [-0.2, -0.15) is 0 Å². The summed E-state index contributed by atoms with van der Waals surface area (Å²) in [6, 6.07) is 13.4. The van der Waals surface area contributed by atoms with Crippen LogP contribution < -0.4 is 10.1 Å². The van der Waals surface area contributed by atoms with Crippen molar-refractivity contribution in [3.05, 3.63) is 54.1 Å². The van der Waals surface area contributed by atoms with Gasteiger partial charge in [0.1, 0.15) is 5.75 Å². The van der Waals surface area contributed by atoms with Crippen molar-refractivity contribution in [1.29, 1.82) is 0 Å². The van der Waals surface area contributed by atoms with Gasteiger partial charge in [0.15, 0.2) is 9.84 Å². The molecule has 0 heterocycles. The number of carbonyl (C=O) groups excluding carboxylic acids is 1. The second-order valence-electron chi connectivity index (χ2n) is 7.12. The second-order valence-corrected chi connectivity index (χ2v) is 9.35. The van der Waals surface area contributed by atoms with E-state index in [-0.39, 0.29) is 22.2 Å². The Labute approximate surface area is 160 Å². The lowest BCUT2D eigenvalue weighted by atomic mass is 10.2. The number of carbonyl (C=O) groups is 1. The first kappa shape index (κ1) is 19.4. The van der Waals surface area contributed by atoms with Crippen LogP contribution in [0.2, 0.25) is 0 Å². The second kappa shape index (κ2) is 8.13. The average molecular weight is 388 g/mol. The predicted molar refractivity (Wildman–Crippen MR) is 106 cm³/mol. The van der Waals surface area contributed by atoms with Crippen molar-refractivity contribution in [3.63, 3.8) is 0 Å². The molecule has 1 saturated carbocycles. The monoisotopic (exact) mass is 387 g/mol. The van der Waals surface area contributed by atoms with Crippen LogP contribution >= 0.6 is 0 Å². The zero-order valence-corrected chi connectivity index (χ0v) is 16.5. The Balaban J connectivity index is 1.73. The number of sulfone groups is 1. The van der Waals surface area contributed by atoms with Gasteiger partial charge < -0.3 is 10.1 Å². The van der Waals surface area contributed by atoms with Crippen molar-refractivity contribution in [2.45, 2.75) is 55.8 Å². The molecule has 1 aliphatic carbocycles. The molecule has 144 valence electrons. The van der Waals surface area contributed by atoms with Crippen LogP contribution in [-0.2, 0) is 9.84 Å². The molecule has 0 aromatic heterocycles. The number of hydrogen-bond donors (Lipinski definition) is 1. The van der Waals surface area contributed by atoms with Gasteiger partial charge in [-0.3, -0.25) is 4.79 Å². The largest absolute Gasteiger partial charge is 0.491 e. The molecular formula is C21H25NO4S. The number of hydrogen-bond acceptors (Lipinski definition) is 4. The van der Waals surface area contributed by atoms with Crippen molar-refractivity contribution in [2.24, 2.45) is 0 Å². The van der Waals surface area contributed by atoms with Gasteiger partial charge in [-0.1, -0.05) is 18.9 Å². The fourth-order valence-electron chi connectivity index (χ4n) is 3.30. The zero-order valence-electron chi connectivity index (χ0n) is 15.6. The highest BCUT2D eigenvalue weighted by molar-refractivity contribution is 7.92. The molecule has 0 radical (unpaired) electrons. The van der Waals surface area contributed by atoms with Crippen LogP contribution in [0, 0.1) is 0 Å². The zero-order chi connectivity index (χ0) is 19.4. The molecule has 0 unspecified atom stereocenters. The fraction of sp³-hybridized carbons (Fsp3) is 0.381. The average Bonchev–Trinajstić information content (AvgIpc) is 3.17. The summed E-state index contributed by atoms with van der Waals surface area (Å²) < 4.78 is 31.1. The third-order valence-corrected chi connectivity index (χ3v) is 6.91. The molecule has 3 rings (SSSR count). The van der Waals surface area contributed by atoms with E-state index in [9.17, 15) is 13.2 Å². The summed E-state index contributed by atoms with van der Waals surface area (Å²) in [6.07, 6.45) is 3.40. The quantitative estimate of drug-likeness (QED) is 0.795. The van der Waals surface area contributed by atoms with E-state index in [4.69, 9.17) is 4.74 Å². The SMILES string of the molecule is CC(C)Oc1ccc(C(=O)Nc2cccc(S(=O)(=O)C3CCCC3)c2)cc1. The van der Waals surface area contributed by atoms with Crippen molar-refractivity contribution in [3.8, 4) is 5.75 Å². The molecule has 1 amide bonds. The number of nitrogens with one attached hydrogen (secondary N) is 1. The molecule has 27 heavy (non-hydrogen) atoms. The first-order valence-electron chi connectivity index (χ1n) is 9.28. The van der Waals surface area contributed by atoms with Crippen LogP contribution in [0.5, 0.6) is 5.75 Å². The van der Waals surface area contributed by atoms with Crippen molar-refractivity contribution < 1.29 is 17.9 Å². The van der Waals surface area contributed by atoms with Crippen molar-refractivity contribution in [1.82, 2.24) is 0 Å². The minimum absolute atomic E-state index is 0.0641. The van der Waals surface area contributed by atoms with E-state index in [1.54, 1.807) is 48.5 Å². The van der Waals surface area contributed by atoms with Crippen molar-refractivity contribution in [2.75, 3.05) is 5.32 Å². The maximum atomic E-state index is 12.7. The summed E-state index contributed by atoms with van der Waals surface area (Å²) in [5.41, 5.74) is 0.955. The lowest BCUT2D eigenvalue weighted by molar-refractivity contribution is 0.102. The maximum absolute atomic E-state index is 12.7. The molecule has 0 spiro atoms. The summed E-state index contributed by atoms with van der Waals surface area (Å²) in [4.78, 5) is 12.7. The molecule has 2 aromatic carbocycles. The summed E-state index contributed by atoms with van der Waals surface area (Å²) >= 11 is 0. The number of ether oxygens (including phenoxy) is 1. The number of benzene rings is 2. The smallest absolute Gasteiger partial charge is 0.255 e. The van der Waals surface area contributed by atoms with Crippen LogP contribution in [0.4, 0.5) is 5.69 Å². The number of anilines is 1. The predicted octanol–water partition coefficient (Wildman–Crippen LogP) is 4.44. The van der Waals surface area contributed by atoms with E-state index < -0.39 is 9.84 Å². The summed E-state index contributed by atoms with van der Waals surface area (Å²) in [6.45, 7) is 3.88. The van der Waals surface area contributed by atoms with Gasteiger partial charge in [0.05, 0.1) is 16.2 Å². The van der Waals surface area contributed by atoms with Crippen LogP contribution in [0.15, 0.2) is 53.4 Å². The van der Waals surface area contributed by atoms with E-state index in [0.717, 1.165) is 12.8 Å². The van der Waals surface area contributed by atoms with Crippen LogP contribution in [0.25, 0.3) is 0 Å². The first-order valence-corrected chi connectivity index (χ1v) is 10.8. The van der Waals surface area contributed by atoms with Gasteiger partial charge in [0.25, 0.3) is 5.91 Å². The molecule has 1 N–H and O–H groups in total. The summed E-state index contributed by atoms with van der Waals surface area (Å²) in [5.74, 6) is 0.410. The van der Waals surface area contributed by atoms with Crippen LogP contribution in [0.1, 0.15) is 49.9 Å². The van der Waals surface area contributed by atoms with Gasteiger partial charge in [-0.25, -0.2) is 8.42 Å². The Morgan fingerprint density at radius 3 is 2.37 bits per heavy atom. The van der Waals surface area contributed by atoms with Gasteiger partial charge in [0, 0.05) is 11.3 Å². The van der Waals surface area contributed by atoms with E-state index in [1.165, 1.54) is 0 Å². The molecule has 5 nitrogen and oxygen atoms in total. The Kier molecular flexibility index (Phi) is 5.85. The highest BCUT2D eigenvalue weighted by atomic mass is 32.2. The number of amides is 1. The lowest BCUT2D eigenvalue weighted by Crippen LogP contribution is -2.18. The Bertz CT molecular complexity index is 898. The van der Waals surface area contributed by atoms with Crippen LogP contribution in [-0.4, -0.2) is 25.7 Å². The third kappa shape index (κ3) is 4.69. The summed E-state index contributed by atoms with van der Waals surface area (Å²) in [5, 5.41) is 2.47. The van der Waals surface area contributed by atoms with Gasteiger partial charge in [0.2, 0.25) is 0 Å². The Morgan fingerprint density at radius 1 is 1.07 bits per heavy atom. The fourth-order valence-corrected chi connectivity index (χ4v) is 5.20. The van der Waals surface area contributed by atoms with Gasteiger partial charge >= 0.3 is 0 Å². The van der Waals surface area contributed by atoms with E-state index >= 15 is 0 Å². The maximum Gasteiger partial charge on any atom is 0.255 e. The molecule has 0 saturated heterocycles. The van der Waals surface area contributed by atoms with E-state index in [2.05, 4.69) is 5.32 Å². The topological polar surface area (TPSA) is 72.5 Å². The molecule has 6 heteroatoms. The molecule has 2 aromatic rings. The van der Waals surface area contributed by atoms with E-state index in [1.807, 2.05) is 13.8 Å². The minimum Gasteiger partial charge on any atom is -0.491 e. The molecule has 0 atom stereocenters. The molecule has 0 aliphatic heterocycles. The first-order chi connectivity index (χ1) is 12.9. The summed E-state index contributed by atoms with van der Waals surface area (Å²) in [7, 11) is -3.35. The Hall–Kier alpha value is -2.34. The highest BCUT2D eigenvalue weighted by Gasteiger charge is 2.30. The van der Waals surface area contributed by atoms with Gasteiger partial charge in [-0.05, 0) is 69.2 Å². The normalized spacial score (nSPS) is 15.1. The Morgan fingerprint density at radius 2 is 1.74 bits per heavy atom. The van der Waals surface area contributed by atoms with E-state index in [0.29, 0.717) is 29.8 Å². The number of rotatable bonds is 6. The minimum atomic E-state index is -3.35. The molecular weight excluding hydrogens is 362 g/mol.